The number of alkyl halides is 3. The van der Waals surface area contributed by atoms with E-state index in [1.54, 1.807) is 0 Å². The highest BCUT2D eigenvalue weighted by Gasteiger charge is 2.39. The molecule has 0 aliphatic carbocycles. The van der Waals surface area contributed by atoms with Gasteiger partial charge in [-0.15, -0.1) is 0 Å². The van der Waals surface area contributed by atoms with E-state index >= 15 is 0 Å². The highest BCUT2D eigenvalue weighted by molar-refractivity contribution is 9.10. The summed E-state index contributed by atoms with van der Waals surface area (Å²) in [5.41, 5.74) is -5.24. The third kappa shape index (κ3) is 3.02. The van der Waals surface area contributed by atoms with Crippen LogP contribution in [0.2, 0.25) is 0 Å². The van der Waals surface area contributed by atoms with Gasteiger partial charge < -0.3 is 0 Å². The molecule has 0 spiro atoms. The van der Waals surface area contributed by atoms with Gasteiger partial charge in [0.05, 0.1) is 26.1 Å². The van der Waals surface area contributed by atoms with Gasteiger partial charge >= 0.3 is 6.18 Å². The lowest BCUT2D eigenvalue weighted by molar-refractivity contribution is -0.137. The van der Waals surface area contributed by atoms with Crippen molar-refractivity contribution < 1.29 is 30.7 Å². The maximum atomic E-state index is 14.3. The first kappa shape index (κ1) is 18.7. The van der Waals surface area contributed by atoms with Gasteiger partial charge in [0.15, 0.2) is 0 Å². The average Bonchev–Trinajstić information content (AvgIpc) is 2.49. The van der Waals surface area contributed by atoms with Crippen LogP contribution < -0.4 is 0 Å². The molecule has 0 bridgehead atoms. The van der Waals surface area contributed by atoms with Crippen LogP contribution in [0.1, 0.15) is 11.1 Å². The maximum absolute atomic E-state index is 14.3. The number of hydrogen-bond acceptors (Lipinski definition) is 1. The van der Waals surface area contributed by atoms with Gasteiger partial charge in [-0.25, -0.2) is 17.6 Å². The van der Waals surface area contributed by atoms with E-state index in [9.17, 15) is 30.7 Å². The van der Waals surface area contributed by atoms with Crippen LogP contribution in [0.3, 0.4) is 0 Å². The minimum absolute atomic E-state index is 0.0413. The maximum Gasteiger partial charge on any atom is 0.417 e. The van der Waals surface area contributed by atoms with E-state index in [1.807, 2.05) is 0 Å². The van der Waals surface area contributed by atoms with Crippen LogP contribution in [0.15, 0.2) is 21.1 Å². The smallest absolute Gasteiger partial charge is 0.206 e. The molecule has 0 atom stereocenters. The van der Waals surface area contributed by atoms with E-state index in [4.69, 9.17) is 5.26 Å². The van der Waals surface area contributed by atoms with Crippen LogP contribution in [0, 0.1) is 34.6 Å². The molecule has 0 amide bonds. The van der Waals surface area contributed by atoms with Gasteiger partial charge in [-0.1, -0.05) is 0 Å². The normalized spacial score (nSPS) is 11.5. The second-order valence-corrected chi connectivity index (χ2v) is 6.01. The minimum Gasteiger partial charge on any atom is -0.206 e. The van der Waals surface area contributed by atoms with Gasteiger partial charge in [-0.05, 0) is 44.0 Å². The average molecular weight is 477 g/mol. The molecule has 0 saturated carbocycles. The molecule has 2 rings (SSSR count). The lowest BCUT2D eigenvalue weighted by atomic mass is 9.94. The summed E-state index contributed by atoms with van der Waals surface area (Å²) in [6, 6.07) is 1.70. The Morgan fingerprint density at radius 2 is 1.29 bits per heavy atom. The Hall–Kier alpha value is -1.60. The first-order valence-electron chi connectivity index (χ1n) is 5.83. The molecule has 2 aromatic carbocycles. The summed E-state index contributed by atoms with van der Waals surface area (Å²) in [4.78, 5) is 0. The van der Waals surface area contributed by atoms with Gasteiger partial charge in [-0.3, -0.25) is 0 Å². The lowest BCUT2D eigenvalue weighted by Gasteiger charge is -2.17. The summed E-state index contributed by atoms with van der Waals surface area (Å²) in [6.45, 7) is 0. The summed E-state index contributed by atoms with van der Waals surface area (Å²) < 4.78 is 93.1. The number of hydrogen-bond donors (Lipinski definition) is 0. The second-order valence-electron chi connectivity index (χ2n) is 4.43. The van der Waals surface area contributed by atoms with Crippen LogP contribution in [0.5, 0.6) is 0 Å². The van der Waals surface area contributed by atoms with Crippen molar-refractivity contribution in [3.8, 4) is 17.2 Å². The van der Waals surface area contributed by atoms with Gasteiger partial charge in [0.1, 0.15) is 23.3 Å². The summed E-state index contributed by atoms with van der Waals surface area (Å²) in [7, 11) is 0. The summed E-state index contributed by atoms with van der Waals surface area (Å²) in [6.07, 6.45) is -5.25. The molecule has 0 aliphatic heterocycles. The first-order valence-corrected chi connectivity index (χ1v) is 7.42. The summed E-state index contributed by atoms with van der Waals surface area (Å²) >= 11 is 4.90. The molecule has 24 heavy (non-hydrogen) atoms. The van der Waals surface area contributed by atoms with Gasteiger partial charge in [0.2, 0.25) is 0 Å². The zero-order chi connectivity index (χ0) is 18.4. The molecule has 0 saturated heterocycles. The summed E-state index contributed by atoms with van der Waals surface area (Å²) in [5, 5.41) is 8.94. The zero-order valence-corrected chi connectivity index (χ0v) is 14.2. The number of nitriles is 1. The third-order valence-electron chi connectivity index (χ3n) is 3.00. The molecule has 0 aliphatic rings. The van der Waals surface area contributed by atoms with Crippen molar-refractivity contribution in [3.63, 3.8) is 0 Å². The third-order valence-corrected chi connectivity index (χ3v) is 4.45. The van der Waals surface area contributed by atoms with Crippen molar-refractivity contribution in [2.75, 3.05) is 0 Å². The molecular weight excluding hydrogens is 475 g/mol. The van der Waals surface area contributed by atoms with E-state index in [0.717, 1.165) is 0 Å². The van der Waals surface area contributed by atoms with E-state index in [0.29, 0.717) is 6.07 Å². The fraction of sp³-hybridized carbons (Fsp3) is 0.0714. The largest absolute Gasteiger partial charge is 0.417 e. The number of halogens is 9. The molecule has 126 valence electrons. The fourth-order valence-corrected chi connectivity index (χ4v) is 2.62. The molecule has 0 unspecified atom stereocenters. The Labute approximate surface area is 147 Å². The molecule has 0 heterocycles. The topological polar surface area (TPSA) is 23.8 Å². The Kier molecular flexibility index (Phi) is 4.97. The molecule has 0 N–H and O–H groups in total. The van der Waals surface area contributed by atoms with Gasteiger partial charge in [-0.2, -0.15) is 18.4 Å². The molecule has 0 radical (unpaired) electrons. The molecule has 10 heteroatoms. The SMILES string of the molecule is N#Cc1cc(F)c(Br)c(F)c1-c1c(C(F)(F)F)cc(F)c(Br)c1F. The quantitative estimate of drug-likeness (QED) is 0.349. The Bertz CT molecular complexity index is 885. The monoisotopic (exact) mass is 475 g/mol. The Morgan fingerprint density at radius 3 is 1.75 bits per heavy atom. The molecule has 0 aromatic heterocycles. The van der Waals surface area contributed by atoms with Crippen molar-refractivity contribution in [1.29, 1.82) is 5.26 Å². The second kappa shape index (κ2) is 6.37. The van der Waals surface area contributed by atoms with Crippen LogP contribution in [0.4, 0.5) is 30.7 Å². The Balaban J connectivity index is 3.07. The highest BCUT2D eigenvalue weighted by atomic mass is 79.9. The van der Waals surface area contributed by atoms with E-state index in [1.165, 1.54) is 6.07 Å². The highest BCUT2D eigenvalue weighted by Crippen LogP contribution is 2.44. The van der Waals surface area contributed by atoms with Crippen molar-refractivity contribution >= 4 is 31.9 Å². The molecule has 2 aromatic rings. The van der Waals surface area contributed by atoms with E-state index < -0.39 is 60.6 Å². The fourth-order valence-electron chi connectivity index (χ4n) is 1.99. The van der Waals surface area contributed by atoms with Crippen molar-refractivity contribution in [3.05, 3.63) is 55.5 Å². The van der Waals surface area contributed by atoms with Gasteiger partial charge in [0, 0.05) is 11.1 Å². The van der Waals surface area contributed by atoms with Crippen molar-refractivity contribution in [2.24, 2.45) is 0 Å². The van der Waals surface area contributed by atoms with E-state index in [-0.39, 0.29) is 6.07 Å². The van der Waals surface area contributed by atoms with Crippen LogP contribution in [0.25, 0.3) is 11.1 Å². The predicted octanol–water partition coefficient (Wildman–Crippen LogP) is 6.33. The van der Waals surface area contributed by atoms with Gasteiger partial charge in [0.25, 0.3) is 0 Å². The number of rotatable bonds is 1. The van der Waals surface area contributed by atoms with Crippen LogP contribution in [-0.4, -0.2) is 0 Å². The van der Waals surface area contributed by atoms with Crippen molar-refractivity contribution in [1.82, 2.24) is 0 Å². The molecule has 0 fully saturated rings. The molecule has 1 nitrogen and oxygen atoms in total. The van der Waals surface area contributed by atoms with Crippen molar-refractivity contribution in [2.45, 2.75) is 6.18 Å². The van der Waals surface area contributed by atoms with E-state index in [2.05, 4.69) is 31.9 Å². The first-order chi connectivity index (χ1) is 11.0. The minimum atomic E-state index is -5.25. The lowest BCUT2D eigenvalue weighted by Crippen LogP contribution is -2.12. The molecular formula is C14H2Br2F7N. The summed E-state index contributed by atoms with van der Waals surface area (Å²) in [5.74, 6) is -6.21. The van der Waals surface area contributed by atoms with Crippen LogP contribution >= 0.6 is 31.9 Å². The number of nitrogens with zero attached hydrogens (tertiary/aromatic N) is 1. The Morgan fingerprint density at radius 1 is 0.833 bits per heavy atom. The van der Waals surface area contributed by atoms with Crippen LogP contribution in [-0.2, 0) is 6.18 Å². The predicted molar refractivity (Wildman–Crippen MR) is 76.8 cm³/mol. The number of benzene rings is 2. The zero-order valence-electron chi connectivity index (χ0n) is 11.0. The standard InChI is InChI=1S/C14H2Br2F7N/c15-10-6(17)1-4(3-24)8(12(10)19)9-5(14(21,22)23)2-7(18)11(16)13(9)20/h1-2H.